The third kappa shape index (κ3) is 4.64. The first-order valence-electron chi connectivity index (χ1n) is 6.73. The minimum absolute atomic E-state index is 0.145. The molecule has 1 saturated heterocycles. The number of ether oxygens (including phenoxy) is 1. The minimum atomic E-state index is -2.81. The lowest BCUT2D eigenvalue weighted by molar-refractivity contribution is -0.136. The van der Waals surface area contributed by atoms with Crippen molar-refractivity contribution in [2.75, 3.05) is 32.8 Å². The fourth-order valence-corrected chi connectivity index (χ4v) is 2.29. The summed E-state index contributed by atoms with van der Waals surface area (Å²) in [6, 6.07) is 6.55. The molecule has 1 fully saturated rings. The third-order valence-electron chi connectivity index (χ3n) is 3.41. The number of hydrogen-bond acceptors (Lipinski definition) is 4. The first-order chi connectivity index (χ1) is 10.1. The van der Waals surface area contributed by atoms with Gasteiger partial charge in [-0.1, -0.05) is 12.1 Å². The summed E-state index contributed by atoms with van der Waals surface area (Å²) in [7, 11) is 0. The molecule has 1 aromatic rings. The molecule has 21 heavy (non-hydrogen) atoms. The Labute approximate surface area is 121 Å². The fourth-order valence-electron chi connectivity index (χ4n) is 2.29. The normalized spacial score (nSPS) is 16.3. The van der Waals surface area contributed by atoms with Crippen molar-refractivity contribution in [3.63, 3.8) is 0 Å². The predicted octanol–water partition coefficient (Wildman–Crippen LogP) is 0.924. The number of amides is 1. The Morgan fingerprint density at radius 2 is 1.81 bits per heavy atom. The maximum atomic E-state index is 12.0. The van der Waals surface area contributed by atoms with Crippen molar-refractivity contribution in [2.45, 2.75) is 13.2 Å². The van der Waals surface area contributed by atoms with Gasteiger partial charge in [-0.05, 0) is 17.7 Å². The summed E-state index contributed by atoms with van der Waals surface area (Å²) in [5.74, 6) is -0.102. The van der Waals surface area contributed by atoms with Crippen molar-refractivity contribution in [1.29, 1.82) is 0 Å². The second kappa shape index (κ2) is 7.33. The van der Waals surface area contributed by atoms with E-state index in [4.69, 9.17) is 5.11 Å². The number of carbonyl (C=O) groups is 1. The van der Waals surface area contributed by atoms with Crippen LogP contribution < -0.4 is 4.74 Å². The Morgan fingerprint density at radius 1 is 1.19 bits per heavy atom. The summed E-state index contributed by atoms with van der Waals surface area (Å²) in [6.45, 7) is 0.0508. The lowest BCUT2D eigenvalue weighted by atomic mass is 10.2. The minimum Gasteiger partial charge on any atom is -0.435 e. The lowest BCUT2D eigenvalue weighted by Gasteiger charge is -2.34. The van der Waals surface area contributed by atoms with E-state index >= 15 is 0 Å². The van der Waals surface area contributed by atoms with E-state index in [-0.39, 0.29) is 11.7 Å². The molecule has 0 spiro atoms. The summed E-state index contributed by atoms with van der Waals surface area (Å²) >= 11 is 0. The third-order valence-corrected chi connectivity index (χ3v) is 3.41. The molecule has 5 nitrogen and oxygen atoms in total. The van der Waals surface area contributed by atoms with Gasteiger partial charge in [-0.15, -0.1) is 0 Å². The number of aliphatic hydroxyl groups excluding tert-OH is 1. The highest BCUT2D eigenvalue weighted by Crippen LogP contribution is 2.16. The second-order valence-corrected chi connectivity index (χ2v) is 4.84. The smallest absolute Gasteiger partial charge is 0.387 e. The number of piperazine rings is 1. The fraction of sp³-hybridized carbons (Fsp3) is 0.500. The van der Waals surface area contributed by atoms with Gasteiger partial charge in [0.2, 0.25) is 5.91 Å². The highest BCUT2D eigenvalue weighted by molar-refractivity contribution is 5.77. The SMILES string of the molecule is O=C(CO)N1CCN(Cc2ccc(OC(F)F)cc2)CC1. The highest BCUT2D eigenvalue weighted by atomic mass is 19.3. The van der Waals surface area contributed by atoms with Crippen molar-refractivity contribution in [1.82, 2.24) is 9.80 Å². The van der Waals surface area contributed by atoms with Crippen LogP contribution in [0.15, 0.2) is 24.3 Å². The molecule has 0 saturated carbocycles. The Morgan fingerprint density at radius 3 is 2.33 bits per heavy atom. The van der Waals surface area contributed by atoms with Crippen molar-refractivity contribution in [3.05, 3.63) is 29.8 Å². The first kappa shape index (κ1) is 15.7. The Bertz CT molecular complexity index is 460. The molecule has 0 radical (unpaired) electrons. The van der Waals surface area contributed by atoms with E-state index in [1.54, 1.807) is 17.0 Å². The molecule has 0 unspecified atom stereocenters. The van der Waals surface area contributed by atoms with Crippen LogP contribution in [0, 0.1) is 0 Å². The molecule has 116 valence electrons. The molecule has 0 atom stereocenters. The molecule has 0 aliphatic carbocycles. The maximum absolute atomic E-state index is 12.0. The van der Waals surface area contributed by atoms with Crippen LogP contribution in [0.4, 0.5) is 8.78 Å². The Kier molecular flexibility index (Phi) is 5.46. The van der Waals surface area contributed by atoms with Gasteiger partial charge in [0, 0.05) is 32.7 Å². The molecular weight excluding hydrogens is 282 g/mol. The van der Waals surface area contributed by atoms with Gasteiger partial charge in [-0.3, -0.25) is 9.69 Å². The lowest BCUT2D eigenvalue weighted by Crippen LogP contribution is -2.49. The van der Waals surface area contributed by atoms with Gasteiger partial charge in [0.25, 0.3) is 0 Å². The van der Waals surface area contributed by atoms with Crippen molar-refractivity contribution in [2.24, 2.45) is 0 Å². The summed E-state index contributed by atoms with van der Waals surface area (Å²) in [4.78, 5) is 15.1. The summed E-state index contributed by atoms with van der Waals surface area (Å²) in [5.41, 5.74) is 0.999. The topological polar surface area (TPSA) is 53.0 Å². The zero-order valence-corrected chi connectivity index (χ0v) is 11.5. The molecule has 1 aliphatic heterocycles. The van der Waals surface area contributed by atoms with Crippen LogP contribution in [-0.2, 0) is 11.3 Å². The molecule has 7 heteroatoms. The zero-order chi connectivity index (χ0) is 15.2. The molecule has 0 aromatic heterocycles. The quantitative estimate of drug-likeness (QED) is 0.879. The van der Waals surface area contributed by atoms with Crippen LogP contribution in [0.2, 0.25) is 0 Å². The summed E-state index contributed by atoms with van der Waals surface area (Å²) < 4.78 is 28.4. The number of alkyl halides is 2. The van der Waals surface area contributed by atoms with E-state index in [2.05, 4.69) is 9.64 Å². The average molecular weight is 300 g/mol. The van der Waals surface area contributed by atoms with Crippen LogP contribution in [0.5, 0.6) is 5.75 Å². The van der Waals surface area contributed by atoms with Gasteiger partial charge in [0.15, 0.2) is 0 Å². The first-order valence-corrected chi connectivity index (χ1v) is 6.73. The summed E-state index contributed by atoms with van der Waals surface area (Å²) in [5, 5.41) is 8.81. The van der Waals surface area contributed by atoms with Crippen LogP contribution in [0.25, 0.3) is 0 Å². The van der Waals surface area contributed by atoms with Gasteiger partial charge < -0.3 is 14.7 Å². The molecule has 1 N–H and O–H groups in total. The summed E-state index contributed by atoms with van der Waals surface area (Å²) in [6.07, 6.45) is 0. The zero-order valence-electron chi connectivity index (χ0n) is 11.5. The van der Waals surface area contributed by atoms with E-state index in [9.17, 15) is 13.6 Å². The van der Waals surface area contributed by atoms with Gasteiger partial charge >= 0.3 is 6.61 Å². The van der Waals surface area contributed by atoms with Crippen LogP contribution in [-0.4, -0.2) is 60.2 Å². The molecule has 1 amide bonds. The van der Waals surface area contributed by atoms with Crippen molar-refractivity contribution >= 4 is 5.91 Å². The van der Waals surface area contributed by atoms with Gasteiger partial charge in [-0.2, -0.15) is 8.78 Å². The van der Waals surface area contributed by atoms with Crippen molar-refractivity contribution in [3.8, 4) is 5.75 Å². The number of nitrogens with zero attached hydrogens (tertiary/aromatic N) is 2. The number of benzene rings is 1. The monoisotopic (exact) mass is 300 g/mol. The predicted molar refractivity (Wildman–Crippen MR) is 72.0 cm³/mol. The molecule has 1 heterocycles. The van der Waals surface area contributed by atoms with E-state index in [0.29, 0.717) is 19.6 Å². The van der Waals surface area contributed by atoms with Gasteiger partial charge in [-0.25, -0.2) is 0 Å². The number of carbonyl (C=O) groups excluding carboxylic acids is 1. The van der Waals surface area contributed by atoms with E-state index < -0.39 is 13.2 Å². The maximum Gasteiger partial charge on any atom is 0.387 e. The van der Waals surface area contributed by atoms with E-state index in [1.807, 2.05) is 0 Å². The number of rotatable bonds is 5. The standard InChI is InChI=1S/C14H18F2N2O3/c15-14(16)21-12-3-1-11(2-4-12)9-17-5-7-18(8-6-17)13(20)10-19/h1-4,14,19H,5-10H2. The van der Waals surface area contributed by atoms with Crippen LogP contribution in [0.3, 0.4) is 0 Å². The molecule has 1 aromatic carbocycles. The highest BCUT2D eigenvalue weighted by Gasteiger charge is 2.20. The Balaban J connectivity index is 1.82. The van der Waals surface area contributed by atoms with Gasteiger partial charge in [0.1, 0.15) is 12.4 Å². The molecule has 0 bridgehead atoms. The van der Waals surface area contributed by atoms with Gasteiger partial charge in [0.05, 0.1) is 0 Å². The van der Waals surface area contributed by atoms with E-state index in [0.717, 1.165) is 18.7 Å². The number of hydrogen-bond donors (Lipinski definition) is 1. The van der Waals surface area contributed by atoms with Crippen LogP contribution >= 0.6 is 0 Å². The number of halogens is 2. The molecular formula is C14H18F2N2O3. The second-order valence-electron chi connectivity index (χ2n) is 4.84. The van der Waals surface area contributed by atoms with Crippen LogP contribution in [0.1, 0.15) is 5.56 Å². The average Bonchev–Trinajstić information content (AvgIpc) is 2.49. The number of aliphatic hydroxyl groups is 1. The largest absolute Gasteiger partial charge is 0.435 e. The Hall–Kier alpha value is -1.73. The molecule has 1 aliphatic rings. The van der Waals surface area contributed by atoms with Crippen molar-refractivity contribution < 1.29 is 23.4 Å². The molecule has 2 rings (SSSR count). The van der Waals surface area contributed by atoms with E-state index in [1.165, 1.54) is 12.1 Å².